The number of hydrogen-bond acceptors (Lipinski definition) is 5. The van der Waals surface area contributed by atoms with E-state index in [0.717, 1.165) is 51.4 Å². The summed E-state index contributed by atoms with van der Waals surface area (Å²) in [6.45, 7) is 6.58. The lowest BCUT2D eigenvalue weighted by Crippen LogP contribution is -2.45. The molecule has 1 amide bonds. The molecule has 0 radical (unpaired) electrons. The summed E-state index contributed by atoms with van der Waals surface area (Å²) in [6, 6.07) is 6.08. The van der Waals surface area contributed by atoms with E-state index in [1.54, 1.807) is 0 Å². The zero-order valence-electron chi connectivity index (χ0n) is 20.9. The van der Waals surface area contributed by atoms with Gasteiger partial charge >= 0.3 is 11.9 Å². The zero-order chi connectivity index (χ0) is 24.3. The minimum atomic E-state index is -0.366. The van der Waals surface area contributed by atoms with Crippen molar-refractivity contribution in [1.29, 1.82) is 0 Å². The molecule has 1 aromatic carbocycles. The van der Waals surface area contributed by atoms with Crippen LogP contribution in [0.2, 0.25) is 0 Å². The lowest BCUT2D eigenvalue weighted by molar-refractivity contribution is -0.154. The van der Waals surface area contributed by atoms with Gasteiger partial charge in [-0.1, -0.05) is 26.3 Å². The highest BCUT2D eigenvalue weighted by atomic mass is 16.5. The highest BCUT2D eigenvalue weighted by Gasteiger charge is 2.56. The van der Waals surface area contributed by atoms with Gasteiger partial charge in [0.2, 0.25) is 5.91 Å². The molecule has 5 atom stereocenters. The smallest absolute Gasteiger partial charge is 0.311 e. The van der Waals surface area contributed by atoms with Crippen molar-refractivity contribution in [3.05, 3.63) is 29.3 Å². The number of unbranched alkanes of at least 4 members (excludes halogenated alkanes) is 1. The van der Waals surface area contributed by atoms with Gasteiger partial charge in [-0.3, -0.25) is 14.4 Å². The second-order valence-electron chi connectivity index (χ2n) is 10.7. The van der Waals surface area contributed by atoms with Crippen LogP contribution in [0.3, 0.4) is 0 Å². The Labute approximate surface area is 203 Å². The molecule has 2 saturated carbocycles. The summed E-state index contributed by atoms with van der Waals surface area (Å²) in [4.78, 5) is 35.7. The van der Waals surface area contributed by atoms with Crippen LogP contribution in [0.5, 0.6) is 5.75 Å². The van der Waals surface area contributed by atoms with E-state index >= 15 is 0 Å². The molecule has 2 fully saturated rings. The minimum Gasteiger partial charge on any atom is -0.462 e. The number of nitrogens with one attached hydrogen (secondary N) is 1. The number of esters is 2. The second-order valence-corrected chi connectivity index (χ2v) is 10.7. The first-order valence-corrected chi connectivity index (χ1v) is 13.1. The number of carbonyl (C=O) groups is 3. The fourth-order valence-corrected chi connectivity index (χ4v) is 6.86. The predicted molar refractivity (Wildman–Crippen MR) is 129 cm³/mol. The van der Waals surface area contributed by atoms with Gasteiger partial charge in [-0.25, -0.2) is 0 Å². The third kappa shape index (κ3) is 5.16. The van der Waals surface area contributed by atoms with Crippen molar-refractivity contribution < 1.29 is 23.9 Å². The van der Waals surface area contributed by atoms with Crippen molar-refractivity contribution in [2.24, 2.45) is 17.3 Å². The molecule has 4 rings (SSSR count). The molecular weight excluding hydrogens is 430 g/mol. The number of carbonyl (C=O) groups excluding carboxylic acids is 3. The van der Waals surface area contributed by atoms with E-state index < -0.39 is 0 Å². The molecule has 6 nitrogen and oxygen atoms in total. The topological polar surface area (TPSA) is 81.7 Å². The maximum absolute atomic E-state index is 12.3. The van der Waals surface area contributed by atoms with Crippen LogP contribution >= 0.6 is 0 Å². The van der Waals surface area contributed by atoms with E-state index in [1.165, 1.54) is 18.1 Å². The van der Waals surface area contributed by atoms with Crippen LogP contribution in [0.4, 0.5) is 0 Å². The third-order valence-electron chi connectivity index (χ3n) is 8.56. The Kier molecular flexibility index (Phi) is 7.63. The maximum atomic E-state index is 12.3. The fourth-order valence-electron chi connectivity index (χ4n) is 6.86. The van der Waals surface area contributed by atoms with Gasteiger partial charge in [0.1, 0.15) is 11.9 Å². The summed E-state index contributed by atoms with van der Waals surface area (Å²) < 4.78 is 11.3. The van der Waals surface area contributed by atoms with Crippen molar-refractivity contribution in [3.63, 3.8) is 0 Å². The second kappa shape index (κ2) is 10.5. The molecule has 1 aromatic rings. The van der Waals surface area contributed by atoms with Crippen LogP contribution in [-0.4, -0.2) is 30.5 Å². The molecule has 5 unspecified atom stereocenters. The number of ether oxygens (including phenoxy) is 2. The van der Waals surface area contributed by atoms with Crippen molar-refractivity contribution in [3.8, 4) is 5.75 Å². The van der Waals surface area contributed by atoms with E-state index in [4.69, 9.17) is 9.47 Å². The molecule has 6 heteroatoms. The van der Waals surface area contributed by atoms with Gasteiger partial charge in [-0.15, -0.1) is 0 Å². The Balaban J connectivity index is 1.36. The quantitative estimate of drug-likeness (QED) is 0.326. The van der Waals surface area contributed by atoms with Crippen molar-refractivity contribution in [1.82, 2.24) is 5.32 Å². The molecule has 3 aliphatic rings. The molecule has 0 heterocycles. The molecule has 0 aromatic heterocycles. The van der Waals surface area contributed by atoms with Gasteiger partial charge in [0.15, 0.2) is 0 Å². The van der Waals surface area contributed by atoms with Gasteiger partial charge < -0.3 is 14.8 Å². The number of benzene rings is 1. The van der Waals surface area contributed by atoms with Gasteiger partial charge in [0.25, 0.3) is 0 Å². The zero-order valence-corrected chi connectivity index (χ0v) is 20.9. The summed E-state index contributed by atoms with van der Waals surface area (Å²) in [5.41, 5.74) is 2.76. The van der Waals surface area contributed by atoms with Crippen LogP contribution in [0.25, 0.3) is 0 Å². The van der Waals surface area contributed by atoms with Crippen molar-refractivity contribution in [2.45, 2.75) is 97.0 Å². The van der Waals surface area contributed by atoms with E-state index in [9.17, 15) is 14.4 Å². The highest BCUT2D eigenvalue weighted by Crippen LogP contribution is 2.61. The number of fused-ring (bicyclic) bond motifs is 5. The largest absolute Gasteiger partial charge is 0.462 e. The molecule has 3 aliphatic carbocycles. The predicted octanol–water partition coefficient (Wildman–Crippen LogP) is 5.08. The SMILES string of the molecule is CCCCNC(=O)CCC(=O)Oc1ccc2c(c1)CCC1C2CCC2(C)C(OC(C)=O)CCC12. The minimum absolute atomic E-state index is 0.0489. The molecule has 0 saturated heterocycles. The average Bonchev–Trinajstić information content (AvgIpc) is 3.13. The Bertz CT molecular complexity index is 927. The van der Waals surface area contributed by atoms with Crippen molar-refractivity contribution >= 4 is 17.8 Å². The highest BCUT2D eigenvalue weighted by molar-refractivity contribution is 5.82. The molecule has 0 spiro atoms. The molecule has 0 bridgehead atoms. The molecular formula is C28H39NO5. The number of rotatable bonds is 8. The standard InChI is InChI=1S/C28H39NO5/c1-4-5-16-29-26(31)12-13-27(32)34-20-7-9-21-19(17-20)6-8-23-22(21)14-15-28(3)24(23)10-11-25(28)33-18(2)30/h7,9,17,22-25H,4-6,8,10-16H2,1-3H3,(H,29,31). The molecule has 1 N–H and O–H groups in total. The number of amides is 1. The summed E-state index contributed by atoms with van der Waals surface area (Å²) in [7, 11) is 0. The van der Waals surface area contributed by atoms with E-state index in [0.29, 0.717) is 30.0 Å². The lowest BCUT2D eigenvalue weighted by Gasteiger charge is -2.50. The average molecular weight is 470 g/mol. The Morgan fingerprint density at radius 2 is 1.94 bits per heavy atom. The fraction of sp³-hybridized carbons (Fsp3) is 0.679. The third-order valence-corrected chi connectivity index (χ3v) is 8.56. The van der Waals surface area contributed by atoms with Gasteiger partial charge in [-0.2, -0.15) is 0 Å². The van der Waals surface area contributed by atoms with E-state index in [2.05, 4.69) is 25.2 Å². The van der Waals surface area contributed by atoms with Crippen LogP contribution in [0.1, 0.15) is 95.6 Å². The Morgan fingerprint density at radius 1 is 1.12 bits per heavy atom. The lowest BCUT2D eigenvalue weighted by atomic mass is 9.55. The first kappa shape index (κ1) is 24.7. The monoisotopic (exact) mass is 469 g/mol. The van der Waals surface area contributed by atoms with E-state index in [-0.39, 0.29) is 42.2 Å². The summed E-state index contributed by atoms with van der Waals surface area (Å²) in [5, 5.41) is 2.83. The first-order valence-electron chi connectivity index (χ1n) is 13.1. The normalized spacial score (nSPS) is 29.4. The van der Waals surface area contributed by atoms with Crippen LogP contribution in [0.15, 0.2) is 18.2 Å². The van der Waals surface area contributed by atoms with Gasteiger partial charge in [-0.05, 0) is 86.0 Å². The van der Waals surface area contributed by atoms with Gasteiger partial charge in [0.05, 0.1) is 6.42 Å². The molecule has 34 heavy (non-hydrogen) atoms. The van der Waals surface area contributed by atoms with Crippen LogP contribution in [-0.2, 0) is 25.5 Å². The summed E-state index contributed by atoms with van der Waals surface area (Å²) in [6.07, 6.45) is 8.66. The molecule has 0 aliphatic heterocycles. The summed E-state index contributed by atoms with van der Waals surface area (Å²) >= 11 is 0. The van der Waals surface area contributed by atoms with Crippen molar-refractivity contribution in [2.75, 3.05) is 6.54 Å². The molecule has 186 valence electrons. The Morgan fingerprint density at radius 3 is 2.71 bits per heavy atom. The Hall–Kier alpha value is -2.37. The van der Waals surface area contributed by atoms with E-state index in [1.807, 2.05) is 12.1 Å². The van der Waals surface area contributed by atoms with Crippen LogP contribution < -0.4 is 10.1 Å². The number of hydrogen-bond donors (Lipinski definition) is 1. The van der Waals surface area contributed by atoms with Crippen LogP contribution in [0, 0.1) is 17.3 Å². The maximum Gasteiger partial charge on any atom is 0.311 e. The first-order chi connectivity index (χ1) is 16.3. The summed E-state index contributed by atoms with van der Waals surface area (Å²) in [5.74, 6) is 1.67. The number of aryl methyl sites for hydroxylation is 1. The van der Waals surface area contributed by atoms with Gasteiger partial charge in [0, 0.05) is 25.3 Å².